The molecule has 9 heteroatoms. The number of non-ortho nitro benzene ring substituents is 1. The molecule has 0 fully saturated rings. The molecule has 0 saturated heterocycles. The second kappa shape index (κ2) is 8.42. The van der Waals surface area contributed by atoms with Crippen LogP contribution in [0.4, 0.5) is 16.4 Å². The van der Waals surface area contributed by atoms with Crippen LogP contribution in [0.25, 0.3) is 0 Å². The molecule has 0 aliphatic heterocycles. The molecule has 0 spiro atoms. The summed E-state index contributed by atoms with van der Waals surface area (Å²) in [6.07, 6.45) is 0. The Hall–Kier alpha value is -3.23. The second-order valence-electron chi connectivity index (χ2n) is 6.27. The number of nitrogens with zero attached hydrogens (tertiary/aromatic N) is 1. The van der Waals surface area contributed by atoms with Gasteiger partial charge in [0, 0.05) is 12.1 Å². The van der Waals surface area contributed by atoms with Gasteiger partial charge in [0.2, 0.25) is 0 Å². The van der Waals surface area contributed by atoms with E-state index in [1.165, 1.54) is 12.1 Å². The number of aryl methyl sites for hydroxylation is 2. The van der Waals surface area contributed by atoms with Gasteiger partial charge in [-0.3, -0.25) is 19.7 Å². The average Bonchev–Trinajstić information content (AvgIpc) is 3.03. The largest absolute Gasteiger partial charge is 0.321 e. The number of anilines is 2. The van der Waals surface area contributed by atoms with Gasteiger partial charge in [0.1, 0.15) is 0 Å². The Morgan fingerprint density at radius 1 is 1.00 bits per heavy atom. The van der Waals surface area contributed by atoms with E-state index in [4.69, 9.17) is 11.6 Å². The number of hydrogen-bond donors (Lipinski definition) is 2. The van der Waals surface area contributed by atoms with Crippen molar-refractivity contribution in [3.8, 4) is 0 Å². The van der Waals surface area contributed by atoms with Gasteiger partial charge in [0.05, 0.1) is 31.1 Å². The SMILES string of the molecule is Cc1ccc([N+](=O)[O-])cc1NC(=O)c1sc(NC(=O)c2ccccc2Cl)cc1C. The number of nitrogens with one attached hydrogen (secondary N) is 2. The van der Waals surface area contributed by atoms with Crippen molar-refractivity contribution in [3.63, 3.8) is 0 Å². The zero-order valence-corrected chi connectivity index (χ0v) is 17.1. The number of nitro benzene ring substituents is 1. The fourth-order valence-corrected chi connectivity index (χ4v) is 3.82. The lowest BCUT2D eigenvalue weighted by molar-refractivity contribution is -0.384. The molecule has 2 amide bonds. The molecule has 148 valence electrons. The molecule has 0 atom stereocenters. The summed E-state index contributed by atoms with van der Waals surface area (Å²) in [5, 5.41) is 17.2. The molecule has 0 aliphatic rings. The Balaban J connectivity index is 1.79. The van der Waals surface area contributed by atoms with E-state index in [2.05, 4.69) is 10.6 Å². The number of carbonyl (C=O) groups excluding carboxylic acids is 2. The molecule has 2 aromatic carbocycles. The number of amides is 2. The summed E-state index contributed by atoms with van der Waals surface area (Å²) in [7, 11) is 0. The van der Waals surface area contributed by atoms with Crippen LogP contribution in [0.1, 0.15) is 31.2 Å². The summed E-state index contributed by atoms with van der Waals surface area (Å²) in [6, 6.07) is 12.6. The number of thiophene rings is 1. The zero-order chi connectivity index (χ0) is 21.1. The number of carbonyl (C=O) groups is 2. The molecule has 2 N–H and O–H groups in total. The number of benzene rings is 2. The molecule has 0 radical (unpaired) electrons. The van der Waals surface area contributed by atoms with Crippen molar-refractivity contribution in [1.82, 2.24) is 0 Å². The summed E-state index contributed by atoms with van der Waals surface area (Å²) < 4.78 is 0. The van der Waals surface area contributed by atoms with E-state index < -0.39 is 10.8 Å². The lowest BCUT2D eigenvalue weighted by atomic mass is 10.1. The van der Waals surface area contributed by atoms with E-state index in [1.807, 2.05) is 0 Å². The first-order valence-electron chi connectivity index (χ1n) is 8.49. The molecule has 3 aromatic rings. The smallest absolute Gasteiger partial charge is 0.271 e. The molecule has 1 heterocycles. The predicted molar refractivity (Wildman–Crippen MR) is 114 cm³/mol. The molecule has 0 aliphatic carbocycles. The quantitative estimate of drug-likeness (QED) is 0.417. The molecular weight excluding hydrogens is 414 g/mol. The van der Waals surface area contributed by atoms with Crippen molar-refractivity contribution in [2.24, 2.45) is 0 Å². The Morgan fingerprint density at radius 2 is 1.72 bits per heavy atom. The highest BCUT2D eigenvalue weighted by Gasteiger charge is 2.18. The van der Waals surface area contributed by atoms with Crippen molar-refractivity contribution < 1.29 is 14.5 Å². The van der Waals surface area contributed by atoms with Gasteiger partial charge in [0.25, 0.3) is 17.5 Å². The zero-order valence-electron chi connectivity index (χ0n) is 15.5. The fraction of sp³-hybridized carbons (Fsp3) is 0.100. The van der Waals surface area contributed by atoms with Crippen LogP contribution in [0.3, 0.4) is 0 Å². The van der Waals surface area contributed by atoms with E-state index in [9.17, 15) is 19.7 Å². The van der Waals surface area contributed by atoms with Gasteiger partial charge in [0.15, 0.2) is 0 Å². The molecule has 1 aromatic heterocycles. The Labute approximate surface area is 175 Å². The summed E-state index contributed by atoms with van der Waals surface area (Å²) >= 11 is 7.15. The normalized spacial score (nSPS) is 10.4. The Morgan fingerprint density at radius 3 is 2.41 bits per heavy atom. The number of nitro groups is 1. The highest BCUT2D eigenvalue weighted by molar-refractivity contribution is 7.18. The van der Waals surface area contributed by atoms with E-state index >= 15 is 0 Å². The lowest BCUT2D eigenvalue weighted by Crippen LogP contribution is -2.12. The first-order chi connectivity index (χ1) is 13.8. The molecule has 0 saturated carbocycles. The first-order valence-corrected chi connectivity index (χ1v) is 9.68. The lowest BCUT2D eigenvalue weighted by Gasteiger charge is -2.08. The van der Waals surface area contributed by atoms with Gasteiger partial charge in [-0.1, -0.05) is 29.8 Å². The topological polar surface area (TPSA) is 101 Å². The van der Waals surface area contributed by atoms with E-state index in [-0.39, 0.29) is 11.6 Å². The highest BCUT2D eigenvalue weighted by Crippen LogP contribution is 2.29. The van der Waals surface area contributed by atoms with Crippen LogP contribution in [0, 0.1) is 24.0 Å². The van der Waals surface area contributed by atoms with Crippen molar-refractivity contribution in [3.05, 3.63) is 85.2 Å². The molecule has 3 rings (SSSR count). The van der Waals surface area contributed by atoms with Gasteiger partial charge in [-0.15, -0.1) is 11.3 Å². The minimum atomic E-state index is -0.520. The molecular formula is C20H16ClN3O4S. The van der Waals surface area contributed by atoms with Crippen molar-refractivity contribution in [2.75, 3.05) is 10.6 Å². The Kier molecular flexibility index (Phi) is 5.95. The van der Waals surface area contributed by atoms with Crippen LogP contribution >= 0.6 is 22.9 Å². The minimum absolute atomic E-state index is 0.110. The second-order valence-corrected chi connectivity index (χ2v) is 7.73. The van der Waals surface area contributed by atoms with Gasteiger partial charge in [-0.2, -0.15) is 0 Å². The van der Waals surface area contributed by atoms with Crippen LogP contribution in [0.15, 0.2) is 48.5 Å². The summed E-state index contributed by atoms with van der Waals surface area (Å²) in [4.78, 5) is 35.9. The van der Waals surface area contributed by atoms with Gasteiger partial charge in [-0.05, 0) is 43.2 Å². The van der Waals surface area contributed by atoms with Crippen molar-refractivity contribution in [1.29, 1.82) is 0 Å². The Bertz CT molecular complexity index is 1130. The third kappa shape index (κ3) is 4.61. The summed E-state index contributed by atoms with van der Waals surface area (Å²) in [5.74, 6) is -0.785. The fourth-order valence-electron chi connectivity index (χ4n) is 2.63. The third-order valence-electron chi connectivity index (χ3n) is 4.16. The van der Waals surface area contributed by atoms with Crippen molar-refractivity contribution in [2.45, 2.75) is 13.8 Å². The molecule has 29 heavy (non-hydrogen) atoms. The van der Waals surface area contributed by atoms with Crippen LogP contribution < -0.4 is 10.6 Å². The minimum Gasteiger partial charge on any atom is -0.321 e. The van der Waals surface area contributed by atoms with E-state index in [1.54, 1.807) is 50.2 Å². The summed E-state index contributed by atoms with van der Waals surface area (Å²) in [6.45, 7) is 3.49. The van der Waals surface area contributed by atoms with Crippen molar-refractivity contribution >= 4 is 51.1 Å². The molecule has 7 nitrogen and oxygen atoms in total. The van der Waals surface area contributed by atoms with Gasteiger partial charge in [-0.25, -0.2) is 0 Å². The first kappa shape index (κ1) is 20.5. The average molecular weight is 430 g/mol. The van der Waals surface area contributed by atoms with Gasteiger partial charge >= 0.3 is 0 Å². The number of rotatable bonds is 5. The maximum absolute atomic E-state index is 12.7. The third-order valence-corrected chi connectivity index (χ3v) is 5.64. The van der Waals surface area contributed by atoms with E-state index in [0.29, 0.717) is 37.3 Å². The number of hydrogen-bond acceptors (Lipinski definition) is 5. The van der Waals surface area contributed by atoms with Gasteiger partial charge < -0.3 is 10.6 Å². The van der Waals surface area contributed by atoms with Crippen LogP contribution in [-0.2, 0) is 0 Å². The van der Waals surface area contributed by atoms with Crippen LogP contribution in [0.5, 0.6) is 0 Å². The molecule has 0 unspecified atom stereocenters. The monoisotopic (exact) mass is 429 g/mol. The molecule has 0 bridgehead atoms. The van der Waals surface area contributed by atoms with Crippen LogP contribution in [0.2, 0.25) is 5.02 Å². The predicted octanol–water partition coefficient (Wildman–Crippen LogP) is 5.43. The van der Waals surface area contributed by atoms with Crippen LogP contribution in [-0.4, -0.2) is 16.7 Å². The standard InChI is InChI=1S/C20H16ClN3O4S/c1-11-7-8-13(24(27)28)10-16(11)22-20(26)18-12(2)9-17(29-18)23-19(25)14-5-3-4-6-15(14)21/h3-10H,1-2H3,(H,22,26)(H,23,25). The van der Waals surface area contributed by atoms with E-state index in [0.717, 1.165) is 11.3 Å². The summed E-state index contributed by atoms with van der Waals surface area (Å²) in [5.41, 5.74) is 1.95. The highest BCUT2D eigenvalue weighted by atomic mass is 35.5. The number of halogens is 1. The maximum atomic E-state index is 12.7. The maximum Gasteiger partial charge on any atom is 0.271 e.